The summed E-state index contributed by atoms with van der Waals surface area (Å²) in [5, 5.41) is 2.81. The number of benzene rings is 1. The second-order valence-electron chi connectivity index (χ2n) is 5.97. The topological polar surface area (TPSA) is 101 Å². The van der Waals surface area contributed by atoms with Crippen molar-refractivity contribution in [3.8, 4) is 22.6 Å². The maximum absolute atomic E-state index is 12.5. The molecule has 2 N–H and O–H groups in total. The van der Waals surface area contributed by atoms with Gasteiger partial charge in [-0.15, -0.1) is 0 Å². The molecule has 0 saturated heterocycles. The van der Waals surface area contributed by atoms with E-state index >= 15 is 0 Å². The van der Waals surface area contributed by atoms with Crippen LogP contribution in [-0.4, -0.2) is 25.8 Å². The molecule has 0 bridgehead atoms. The summed E-state index contributed by atoms with van der Waals surface area (Å²) in [6.07, 6.45) is 4.76. The summed E-state index contributed by atoms with van der Waals surface area (Å²) < 4.78 is 0. The number of carbonyl (C=O) groups excluding carboxylic acids is 1. The first-order valence-electron chi connectivity index (χ1n) is 8.54. The summed E-state index contributed by atoms with van der Waals surface area (Å²) in [6, 6.07) is 17.3. The second-order valence-corrected chi connectivity index (χ2v) is 5.97. The van der Waals surface area contributed by atoms with Crippen molar-refractivity contribution < 1.29 is 4.79 Å². The Bertz CT molecular complexity index is 1170. The number of pyridine rings is 2. The number of aromatic nitrogens is 4. The van der Waals surface area contributed by atoms with Gasteiger partial charge in [-0.05, 0) is 36.4 Å². The largest absolute Gasteiger partial charge is 0.307 e. The van der Waals surface area contributed by atoms with Gasteiger partial charge < -0.3 is 10.3 Å². The molecule has 0 aliphatic rings. The molecular weight excluding hydrogens is 354 g/mol. The van der Waals surface area contributed by atoms with Gasteiger partial charge in [0.25, 0.3) is 11.5 Å². The Morgan fingerprint density at radius 2 is 1.68 bits per heavy atom. The fourth-order valence-electron chi connectivity index (χ4n) is 2.70. The molecule has 1 aromatic carbocycles. The summed E-state index contributed by atoms with van der Waals surface area (Å²) in [6.45, 7) is 0. The van der Waals surface area contributed by atoms with E-state index in [0.29, 0.717) is 28.5 Å². The molecule has 0 unspecified atom stereocenters. The number of amides is 1. The second kappa shape index (κ2) is 7.63. The lowest BCUT2D eigenvalue weighted by Crippen LogP contribution is -2.13. The highest BCUT2D eigenvalue weighted by atomic mass is 16.1. The molecule has 0 saturated carbocycles. The Hall–Kier alpha value is -4.13. The van der Waals surface area contributed by atoms with Crippen molar-refractivity contribution >= 4 is 11.7 Å². The Balaban J connectivity index is 1.78. The van der Waals surface area contributed by atoms with E-state index < -0.39 is 0 Å². The van der Waals surface area contributed by atoms with Crippen LogP contribution in [0.1, 0.15) is 10.4 Å². The van der Waals surface area contributed by atoms with Crippen LogP contribution in [-0.2, 0) is 0 Å². The van der Waals surface area contributed by atoms with Crippen molar-refractivity contribution in [1.82, 2.24) is 19.9 Å². The van der Waals surface area contributed by atoms with E-state index in [-0.39, 0.29) is 11.5 Å². The van der Waals surface area contributed by atoms with Crippen LogP contribution in [0, 0.1) is 0 Å². The molecule has 7 heteroatoms. The van der Waals surface area contributed by atoms with E-state index in [1.165, 1.54) is 12.3 Å². The highest BCUT2D eigenvalue weighted by molar-refractivity contribution is 6.04. The number of nitrogens with one attached hydrogen (secondary N) is 2. The van der Waals surface area contributed by atoms with E-state index in [0.717, 1.165) is 5.56 Å². The number of hydrogen-bond donors (Lipinski definition) is 2. The minimum absolute atomic E-state index is 0.262. The zero-order valence-corrected chi connectivity index (χ0v) is 14.7. The van der Waals surface area contributed by atoms with E-state index in [1.54, 1.807) is 48.8 Å². The zero-order chi connectivity index (χ0) is 19.3. The van der Waals surface area contributed by atoms with Crippen molar-refractivity contribution in [2.45, 2.75) is 0 Å². The molecule has 4 rings (SSSR count). The predicted molar refractivity (Wildman–Crippen MR) is 106 cm³/mol. The third kappa shape index (κ3) is 3.83. The minimum Gasteiger partial charge on any atom is -0.307 e. The van der Waals surface area contributed by atoms with Gasteiger partial charge in [0, 0.05) is 41.3 Å². The van der Waals surface area contributed by atoms with Crippen LogP contribution in [0.25, 0.3) is 22.6 Å². The average molecular weight is 369 g/mol. The Labute approximate surface area is 160 Å². The predicted octanol–water partition coefficient (Wildman–Crippen LogP) is 3.15. The van der Waals surface area contributed by atoms with Gasteiger partial charge in [-0.3, -0.25) is 14.6 Å². The summed E-state index contributed by atoms with van der Waals surface area (Å²) >= 11 is 0. The fraction of sp³-hybridized carbons (Fsp3) is 0. The third-order valence-electron chi connectivity index (χ3n) is 4.02. The Morgan fingerprint density at radius 3 is 2.43 bits per heavy atom. The number of nitrogens with zero attached hydrogens (tertiary/aromatic N) is 3. The standard InChI is InChI=1S/C21H15N5O2/c27-19-8-11-23-20(26-19)16-12-17(14-6-9-22-10-7-14)24-18(13-16)25-21(28)15-4-2-1-3-5-15/h1-13H,(H,23,26,27)(H,24,25,28). The highest BCUT2D eigenvalue weighted by Crippen LogP contribution is 2.25. The van der Waals surface area contributed by atoms with Gasteiger partial charge in [0.15, 0.2) is 0 Å². The number of rotatable bonds is 4. The summed E-state index contributed by atoms with van der Waals surface area (Å²) in [5.41, 5.74) is 2.33. The molecule has 28 heavy (non-hydrogen) atoms. The number of hydrogen-bond acceptors (Lipinski definition) is 5. The van der Waals surface area contributed by atoms with Gasteiger partial charge in [0.1, 0.15) is 11.6 Å². The zero-order valence-electron chi connectivity index (χ0n) is 14.7. The number of aromatic amines is 1. The molecular formula is C21H15N5O2. The Kier molecular flexibility index (Phi) is 4.71. The SMILES string of the molecule is O=C(Nc1cc(-c2nccc(=O)[nH]2)cc(-c2ccncc2)n1)c1ccccc1. The monoisotopic (exact) mass is 369 g/mol. The number of H-pyrrole nitrogens is 1. The summed E-state index contributed by atoms with van der Waals surface area (Å²) in [7, 11) is 0. The maximum atomic E-state index is 12.5. The van der Waals surface area contributed by atoms with Crippen molar-refractivity contribution in [3.05, 3.63) is 95.2 Å². The van der Waals surface area contributed by atoms with Crippen LogP contribution in [0.2, 0.25) is 0 Å². The Morgan fingerprint density at radius 1 is 0.893 bits per heavy atom. The van der Waals surface area contributed by atoms with Crippen LogP contribution in [0.5, 0.6) is 0 Å². The minimum atomic E-state index is -0.277. The van der Waals surface area contributed by atoms with Crippen molar-refractivity contribution in [2.24, 2.45) is 0 Å². The summed E-state index contributed by atoms with van der Waals surface area (Å²) in [5.74, 6) is 0.463. The molecule has 0 aliphatic carbocycles. The molecule has 0 spiro atoms. The molecule has 7 nitrogen and oxygen atoms in total. The lowest BCUT2D eigenvalue weighted by molar-refractivity contribution is 0.102. The maximum Gasteiger partial charge on any atom is 0.256 e. The molecule has 0 radical (unpaired) electrons. The van der Waals surface area contributed by atoms with Gasteiger partial charge in [-0.1, -0.05) is 18.2 Å². The first-order chi connectivity index (χ1) is 13.7. The van der Waals surface area contributed by atoms with Gasteiger partial charge in [-0.25, -0.2) is 9.97 Å². The number of carbonyl (C=O) groups is 1. The highest BCUT2D eigenvalue weighted by Gasteiger charge is 2.12. The van der Waals surface area contributed by atoms with Crippen molar-refractivity contribution in [1.29, 1.82) is 0 Å². The fourth-order valence-corrected chi connectivity index (χ4v) is 2.70. The molecule has 1 amide bonds. The van der Waals surface area contributed by atoms with Crippen molar-refractivity contribution in [3.63, 3.8) is 0 Å². The molecule has 3 heterocycles. The van der Waals surface area contributed by atoms with Gasteiger partial charge in [-0.2, -0.15) is 0 Å². The molecule has 0 atom stereocenters. The molecule has 0 fully saturated rings. The molecule has 3 aromatic heterocycles. The van der Waals surface area contributed by atoms with Crippen molar-refractivity contribution in [2.75, 3.05) is 5.32 Å². The van der Waals surface area contributed by atoms with Crippen LogP contribution in [0.15, 0.2) is 84.0 Å². The van der Waals surface area contributed by atoms with E-state index in [9.17, 15) is 9.59 Å². The van der Waals surface area contributed by atoms with E-state index in [4.69, 9.17) is 0 Å². The van der Waals surface area contributed by atoms with Gasteiger partial charge >= 0.3 is 0 Å². The summed E-state index contributed by atoms with van der Waals surface area (Å²) in [4.78, 5) is 39.7. The van der Waals surface area contributed by atoms with Gasteiger partial charge in [0.2, 0.25) is 0 Å². The lowest BCUT2D eigenvalue weighted by atomic mass is 10.1. The van der Waals surface area contributed by atoms with Crippen LogP contribution < -0.4 is 10.9 Å². The average Bonchev–Trinajstić information content (AvgIpc) is 2.75. The number of anilines is 1. The van der Waals surface area contributed by atoms with E-state index in [2.05, 4.69) is 25.3 Å². The van der Waals surface area contributed by atoms with Crippen LogP contribution in [0.3, 0.4) is 0 Å². The molecule has 0 aliphatic heterocycles. The molecule has 136 valence electrons. The third-order valence-corrected chi connectivity index (χ3v) is 4.02. The normalized spacial score (nSPS) is 10.4. The van der Waals surface area contributed by atoms with Gasteiger partial charge in [0.05, 0.1) is 5.69 Å². The van der Waals surface area contributed by atoms with E-state index in [1.807, 2.05) is 18.2 Å². The van der Waals surface area contributed by atoms with Crippen LogP contribution >= 0.6 is 0 Å². The first-order valence-corrected chi connectivity index (χ1v) is 8.54. The smallest absolute Gasteiger partial charge is 0.256 e. The first kappa shape index (κ1) is 17.3. The quantitative estimate of drug-likeness (QED) is 0.575. The van der Waals surface area contributed by atoms with Crippen LogP contribution in [0.4, 0.5) is 5.82 Å². The lowest BCUT2D eigenvalue weighted by Gasteiger charge is -2.10. The molecule has 4 aromatic rings.